The second kappa shape index (κ2) is 6.13. The van der Waals surface area contributed by atoms with Crippen LogP contribution in [0, 0.1) is 5.92 Å². The Kier molecular flexibility index (Phi) is 4.65. The number of urea groups is 1. The summed E-state index contributed by atoms with van der Waals surface area (Å²) in [6, 6.07) is -1.13. The van der Waals surface area contributed by atoms with Crippen LogP contribution in [0.4, 0.5) is 4.79 Å². The number of primary amides is 1. The molecule has 8 heteroatoms. The van der Waals surface area contributed by atoms with Crippen molar-refractivity contribution >= 4 is 29.7 Å². The molecule has 2 saturated heterocycles. The van der Waals surface area contributed by atoms with Gasteiger partial charge in [0.15, 0.2) is 0 Å². The Hall–Kier alpha value is -1.44. The van der Waals surface area contributed by atoms with E-state index in [1.165, 1.54) is 16.7 Å². The molecule has 2 aliphatic rings. The van der Waals surface area contributed by atoms with Crippen LogP contribution in [0.25, 0.3) is 0 Å². The van der Waals surface area contributed by atoms with Crippen molar-refractivity contribution in [1.82, 2.24) is 9.80 Å². The summed E-state index contributed by atoms with van der Waals surface area (Å²) in [5.74, 6) is -1.35. The van der Waals surface area contributed by atoms with Gasteiger partial charge in [-0.1, -0.05) is 0 Å². The molecule has 3 amide bonds. The average Bonchev–Trinajstić information content (AvgIpc) is 2.80. The minimum absolute atomic E-state index is 0.0136. The number of hydrogen-bond acceptors (Lipinski definition) is 4. The largest absolute Gasteiger partial charge is 0.480 e. The number of nitrogens with zero attached hydrogens (tertiary/aromatic N) is 2. The van der Waals surface area contributed by atoms with Crippen molar-refractivity contribution < 1.29 is 19.5 Å². The number of amides is 3. The molecule has 0 spiro atoms. The first-order valence-corrected chi connectivity index (χ1v) is 8.10. The Labute approximate surface area is 127 Å². The molecule has 0 aromatic rings. The standard InChI is InChI=1S/C13H21N3O4S/c1-7-3-4-9(11(14)17)5-15(7)13(20)16-8(2)21-6-10(16)12(18)19/h7-10H,3-6H2,1-2H3,(H2,14,17)(H,18,19). The highest BCUT2D eigenvalue weighted by molar-refractivity contribution is 8.00. The minimum atomic E-state index is -0.990. The maximum absolute atomic E-state index is 12.7. The first kappa shape index (κ1) is 15.9. The quantitative estimate of drug-likeness (QED) is 0.774. The van der Waals surface area contributed by atoms with E-state index in [0.29, 0.717) is 18.6 Å². The van der Waals surface area contributed by atoms with Crippen LogP contribution in [0.1, 0.15) is 26.7 Å². The van der Waals surface area contributed by atoms with Gasteiger partial charge in [0.05, 0.1) is 11.3 Å². The van der Waals surface area contributed by atoms with Crippen molar-refractivity contribution in [3.05, 3.63) is 0 Å². The SMILES string of the molecule is CC1CCC(C(N)=O)CN1C(=O)N1C(C)SCC1C(=O)O. The molecule has 0 bridgehead atoms. The average molecular weight is 315 g/mol. The molecular formula is C13H21N3O4S. The van der Waals surface area contributed by atoms with Gasteiger partial charge in [0.1, 0.15) is 6.04 Å². The number of likely N-dealkylation sites (tertiary alicyclic amines) is 1. The highest BCUT2D eigenvalue weighted by atomic mass is 32.2. The van der Waals surface area contributed by atoms with Crippen molar-refractivity contribution in [3.63, 3.8) is 0 Å². The second-order valence-electron chi connectivity index (χ2n) is 5.65. The number of carbonyl (C=O) groups is 3. The maximum Gasteiger partial charge on any atom is 0.327 e. The summed E-state index contributed by atoms with van der Waals surface area (Å²) in [6.07, 6.45) is 1.37. The normalized spacial score (nSPS) is 33.0. The van der Waals surface area contributed by atoms with E-state index < -0.39 is 17.9 Å². The molecular weight excluding hydrogens is 294 g/mol. The smallest absolute Gasteiger partial charge is 0.327 e. The van der Waals surface area contributed by atoms with Crippen molar-refractivity contribution in [2.24, 2.45) is 11.7 Å². The molecule has 0 aliphatic carbocycles. The topological polar surface area (TPSA) is 104 Å². The molecule has 21 heavy (non-hydrogen) atoms. The van der Waals surface area contributed by atoms with Gasteiger partial charge in [-0.25, -0.2) is 9.59 Å². The number of rotatable bonds is 2. The van der Waals surface area contributed by atoms with E-state index in [9.17, 15) is 19.5 Å². The minimum Gasteiger partial charge on any atom is -0.480 e. The third kappa shape index (κ3) is 3.09. The second-order valence-corrected chi connectivity index (χ2v) is 7.00. The van der Waals surface area contributed by atoms with Gasteiger partial charge in [0.2, 0.25) is 5.91 Å². The molecule has 118 valence electrons. The van der Waals surface area contributed by atoms with Crippen molar-refractivity contribution in [2.75, 3.05) is 12.3 Å². The Bertz CT molecular complexity index is 459. The zero-order chi connectivity index (χ0) is 15.7. The molecule has 2 fully saturated rings. The summed E-state index contributed by atoms with van der Waals surface area (Å²) in [7, 11) is 0. The molecule has 7 nitrogen and oxygen atoms in total. The zero-order valence-corrected chi connectivity index (χ0v) is 13.0. The van der Waals surface area contributed by atoms with Gasteiger partial charge in [-0.3, -0.25) is 9.69 Å². The summed E-state index contributed by atoms with van der Waals surface area (Å²) in [4.78, 5) is 38.4. The van der Waals surface area contributed by atoms with Crippen LogP contribution in [0.2, 0.25) is 0 Å². The van der Waals surface area contributed by atoms with E-state index >= 15 is 0 Å². The molecule has 4 atom stereocenters. The summed E-state index contributed by atoms with van der Waals surface area (Å²) >= 11 is 1.45. The van der Waals surface area contributed by atoms with Gasteiger partial charge in [-0.2, -0.15) is 0 Å². The fourth-order valence-electron chi connectivity index (χ4n) is 2.88. The van der Waals surface area contributed by atoms with Gasteiger partial charge >= 0.3 is 12.0 Å². The van der Waals surface area contributed by atoms with Crippen LogP contribution in [0.15, 0.2) is 0 Å². The van der Waals surface area contributed by atoms with Crippen LogP contribution in [-0.2, 0) is 9.59 Å². The van der Waals surface area contributed by atoms with Gasteiger partial charge in [-0.15, -0.1) is 11.8 Å². The van der Waals surface area contributed by atoms with Crippen molar-refractivity contribution in [1.29, 1.82) is 0 Å². The lowest BCUT2D eigenvalue weighted by Crippen LogP contribution is -2.56. The lowest BCUT2D eigenvalue weighted by atomic mass is 9.93. The maximum atomic E-state index is 12.7. The van der Waals surface area contributed by atoms with Crippen LogP contribution >= 0.6 is 11.8 Å². The van der Waals surface area contributed by atoms with Crippen LogP contribution in [0.5, 0.6) is 0 Å². The van der Waals surface area contributed by atoms with Crippen molar-refractivity contribution in [2.45, 2.75) is 44.1 Å². The summed E-state index contributed by atoms with van der Waals surface area (Å²) < 4.78 is 0. The summed E-state index contributed by atoms with van der Waals surface area (Å²) in [6.45, 7) is 4.01. The highest BCUT2D eigenvalue weighted by Crippen LogP contribution is 2.32. The van der Waals surface area contributed by atoms with Gasteiger partial charge in [0.25, 0.3) is 0 Å². The zero-order valence-electron chi connectivity index (χ0n) is 12.2. The van der Waals surface area contributed by atoms with Crippen LogP contribution < -0.4 is 5.73 Å². The van der Waals surface area contributed by atoms with Crippen molar-refractivity contribution in [3.8, 4) is 0 Å². The van der Waals surface area contributed by atoms with E-state index in [4.69, 9.17) is 5.73 Å². The lowest BCUT2D eigenvalue weighted by Gasteiger charge is -2.40. The molecule has 0 aromatic heterocycles. The van der Waals surface area contributed by atoms with Gasteiger partial charge in [0, 0.05) is 18.3 Å². The Morgan fingerprint density at radius 2 is 1.90 bits per heavy atom. The Morgan fingerprint density at radius 1 is 1.24 bits per heavy atom. The monoisotopic (exact) mass is 315 g/mol. The third-order valence-electron chi connectivity index (χ3n) is 4.26. The molecule has 2 rings (SSSR count). The molecule has 3 N–H and O–H groups in total. The van der Waals surface area contributed by atoms with E-state index in [1.807, 2.05) is 13.8 Å². The first-order valence-electron chi connectivity index (χ1n) is 7.05. The third-order valence-corrected chi connectivity index (χ3v) is 5.48. The number of piperidine rings is 1. The van der Waals surface area contributed by atoms with E-state index in [-0.39, 0.29) is 29.9 Å². The number of carboxylic acids is 1. The van der Waals surface area contributed by atoms with E-state index in [0.717, 1.165) is 0 Å². The Morgan fingerprint density at radius 3 is 2.48 bits per heavy atom. The number of nitrogens with two attached hydrogens (primary N) is 1. The van der Waals surface area contributed by atoms with E-state index in [2.05, 4.69) is 0 Å². The fourth-order valence-corrected chi connectivity index (χ4v) is 4.04. The summed E-state index contributed by atoms with van der Waals surface area (Å²) in [5.41, 5.74) is 5.34. The van der Waals surface area contributed by atoms with Crippen LogP contribution in [-0.4, -0.2) is 62.6 Å². The Balaban J connectivity index is 2.16. The number of hydrogen-bond donors (Lipinski definition) is 2. The fraction of sp³-hybridized carbons (Fsp3) is 0.769. The molecule has 0 aromatic carbocycles. The van der Waals surface area contributed by atoms with Gasteiger partial charge in [-0.05, 0) is 26.7 Å². The number of carboxylic acid groups (broad SMARTS) is 1. The first-order chi connectivity index (χ1) is 9.82. The predicted octanol–water partition coefficient (Wildman–Crippen LogP) is 0.540. The molecule has 0 radical (unpaired) electrons. The number of carbonyl (C=O) groups excluding carboxylic acids is 2. The van der Waals surface area contributed by atoms with Gasteiger partial charge < -0.3 is 15.7 Å². The summed E-state index contributed by atoms with van der Waals surface area (Å²) in [5, 5.41) is 9.07. The number of thioether (sulfide) groups is 1. The highest BCUT2D eigenvalue weighted by Gasteiger charge is 2.43. The molecule has 2 heterocycles. The molecule has 0 saturated carbocycles. The predicted molar refractivity (Wildman–Crippen MR) is 78.7 cm³/mol. The van der Waals surface area contributed by atoms with E-state index in [1.54, 1.807) is 4.90 Å². The lowest BCUT2D eigenvalue weighted by molar-refractivity contribution is -0.141. The molecule has 2 aliphatic heterocycles. The molecule has 4 unspecified atom stereocenters. The number of aliphatic carboxylic acids is 1. The van der Waals surface area contributed by atoms with Crippen LogP contribution in [0.3, 0.4) is 0 Å².